The van der Waals surface area contributed by atoms with Gasteiger partial charge in [-0.3, -0.25) is 9.59 Å². The van der Waals surface area contributed by atoms with E-state index < -0.39 is 12.0 Å². The Hall–Kier alpha value is -2.17. The summed E-state index contributed by atoms with van der Waals surface area (Å²) in [7, 11) is 0. The second-order valence-corrected chi connectivity index (χ2v) is 5.52. The number of hydrogen-bond donors (Lipinski definition) is 2. The predicted molar refractivity (Wildman–Crippen MR) is 79.2 cm³/mol. The van der Waals surface area contributed by atoms with Gasteiger partial charge in [0.1, 0.15) is 6.04 Å². The highest BCUT2D eigenvalue weighted by Gasteiger charge is 2.20. The first-order valence-corrected chi connectivity index (χ1v) is 6.91. The molecule has 0 fully saturated rings. The third kappa shape index (κ3) is 5.77. The van der Waals surface area contributed by atoms with E-state index in [2.05, 4.69) is 5.32 Å². The molecule has 5 nitrogen and oxygen atoms in total. The Morgan fingerprint density at radius 3 is 2.14 bits per heavy atom. The fourth-order valence-corrected chi connectivity index (χ4v) is 1.98. The van der Waals surface area contributed by atoms with Crippen molar-refractivity contribution in [1.82, 2.24) is 5.32 Å². The van der Waals surface area contributed by atoms with Gasteiger partial charge in [0.05, 0.1) is 6.42 Å². The van der Waals surface area contributed by atoms with Crippen LogP contribution < -0.4 is 5.32 Å². The normalized spacial score (nSPS) is 12.0. The van der Waals surface area contributed by atoms with Gasteiger partial charge < -0.3 is 10.4 Å². The number of benzene rings is 1. The molecule has 0 saturated carbocycles. The van der Waals surface area contributed by atoms with Gasteiger partial charge in [0.15, 0.2) is 5.78 Å². The van der Waals surface area contributed by atoms with Gasteiger partial charge in [-0.1, -0.05) is 38.1 Å². The summed E-state index contributed by atoms with van der Waals surface area (Å²) in [6, 6.07) is 5.86. The summed E-state index contributed by atoms with van der Waals surface area (Å²) in [5.41, 5.74) is 1.33. The maximum atomic E-state index is 11.9. The van der Waals surface area contributed by atoms with Crippen LogP contribution in [0.15, 0.2) is 24.3 Å². The zero-order valence-corrected chi connectivity index (χ0v) is 12.6. The number of Topliss-reactive ketones (excluding diaryl/α,β-unsaturated/α-hetero) is 1. The quantitative estimate of drug-likeness (QED) is 0.753. The van der Waals surface area contributed by atoms with Crippen LogP contribution in [0.1, 0.15) is 43.1 Å². The lowest BCUT2D eigenvalue weighted by molar-refractivity contribution is -0.142. The topological polar surface area (TPSA) is 83.5 Å². The van der Waals surface area contributed by atoms with Gasteiger partial charge in [0.2, 0.25) is 5.91 Å². The number of rotatable bonds is 7. The molecule has 1 aromatic carbocycles. The number of hydrogen-bond acceptors (Lipinski definition) is 3. The van der Waals surface area contributed by atoms with Crippen LogP contribution in [0.25, 0.3) is 0 Å². The van der Waals surface area contributed by atoms with E-state index in [0.717, 1.165) is 5.56 Å². The number of carboxylic acid groups (broad SMARTS) is 1. The van der Waals surface area contributed by atoms with E-state index in [-0.39, 0.29) is 24.0 Å². The van der Waals surface area contributed by atoms with Gasteiger partial charge in [-0.25, -0.2) is 4.79 Å². The number of carbonyl (C=O) groups excluding carboxylic acids is 2. The van der Waals surface area contributed by atoms with Crippen LogP contribution in [-0.4, -0.2) is 28.8 Å². The zero-order valence-electron chi connectivity index (χ0n) is 12.6. The SMILES string of the molecule is CC(=O)c1ccc(CC(=O)NC(CC(C)C)C(=O)O)cc1. The average Bonchev–Trinajstić information content (AvgIpc) is 2.37. The van der Waals surface area contributed by atoms with Gasteiger partial charge in [0.25, 0.3) is 0 Å². The maximum absolute atomic E-state index is 11.9. The smallest absolute Gasteiger partial charge is 0.326 e. The van der Waals surface area contributed by atoms with Gasteiger partial charge in [-0.15, -0.1) is 0 Å². The Bertz CT molecular complexity index is 520. The highest BCUT2D eigenvalue weighted by atomic mass is 16.4. The lowest BCUT2D eigenvalue weighted by Crippen LogP contribution is -2.42. The molecule has 1 unspecified atom stereocenters. The van der Waals surface area contributed by atoms with Crippen LogP contribution in [0, 0.1) is 5.92 Å². The second kappa shape index (κ2) is 7.57. The van der Waals surface area contributed by atoms with Crippen LogP contribution in [0.3, 0.4) is 0 Å². The molecular weight excluding hydrogens is 270 g/mol. The molecule has 0 spiro atoms. The number of aliphatic carboxylic acids is 1. The number of nitrogens with one attached hydrogen (secondary N) is 1. The molecule has 0 radical (unpaired) electrons. The maximum Gasteiger partial charge on any atom is 0.326 e. The van der Waals surface area contributed by atoms with Crippen LogP contribution in [0.4, 0.5) is 0 Å². The molecule has 5 heteroatoms. The van der Waals surface area contributed by atoms with Crippen LogP contribution in [-0.2, 0) is 16.0 Å². The fourth-order valence-electron chi connectivity index (χ4n) is 1.98. The number of carbonyl (C=O) groups is 3. The Balaban J connectivity index is 2.63. The van der Waals surface area contributed by atoms with Crippen molar-refractivity contribution < 1.29 is 19.5 Å². The minimum Gasteiger partial charge on any atom is -0.480 e. The van der Waals surface area contributed by atoms with E-state index in [0.29, 0.717) is 12.0 Å². The summed E-state index contributed by atoms with van der Waals surface area (Å²) in [6.45, 7) is 5.29. The summed E-state index contributed by atoms with van der Waals surface area (Å²) < 4.78 is 0. The van der Waals surface area contributed by atoms with Crippen LogP contribution in [0.5, 0.6) is 0 Å². The van der Waals surface area contributed by atoms with E-state index in [1.807, 2.05) is 13.8 Å². The average molecular weight is 291 g/mol. The molecular formula is C16H21NO4. The highest BCUT2D eigenvalue weighted by molar-refractivity contribution is 5.94. The Morgan fingerprint density at radius 2 is 1.71 bits per heavy atom. The van der Waals surface area contributed by atoms with Crippen molar-refractivity contribution in [2.24, 2.45) is 5.92 Å². The molecule has 0 heterocycles. The number of amides is 1. The minimum absolute atomic E-state index is 0.0334. The monoisotopic (exact) mass is 291 g/mol. The van der Waals surface area contributed by atoms with Crippen molar-refractivity contribution in [2.75, 3.05) is 0 Å². The van der Waals surface area contributed by atoms with Crippen molar-refractivity contribution >= 4 is 17.7 Å². The molecule has 114 valence electrons. The van der Waals surface area contributed by atoms with Crippen molar-refractivity contribution in [2.45, 2.75) is 39.7 Å². The van der Waals surface area contributed by atoms with E-state index >= 15 is 0 Å². The molecule has 1 rings (SSSR count). The first-order chi connectivity index (χ1) is 9.79. The first kappa shape index (κ1) is 16.9. The van der Waals surface area contributed by atoms with Gasteiger partial charge in [0, 0.05) is 5.56 Å². The van der Waals surface area contributed by atoms with E-state index in [1.54, 1.807) is 24.3 Å². The van der Waals surface area contributed by atoms with Crippen LogP contribution in [0.2, 0.25) is 0 Å². The molecule has 0 aliphatic carbocycles. The lowest BCUT2D eigenvalue weighted by atomic mass is 10.0. The van der Waals surface area contributed by atoms with E-state index in [4.69, 9.17) is 5.11 Å². The summed E-state index contributed by atoms with van der Waals surface area (Å²) in [5.74, 6) is -1.21. The predicted octanol–water partition coefficient (Wildman–Crippen LogP) is 2.05. The molecule has 21 heavy (non-hydrogen) atoms. The number of ketones is 1. The lowest BCUT2D eigenvalue weighted by Gasteiger charge is -2.16. The van der Waals surface area contributed by atoms with Crippen molar-refractivity contribution in [3.63, 3.8) is 0 Å². The molecule has 2 N–H and O–H groups in total. The molecule has 0 aliphatic rings. The molecule has 0 saturated heterocycles. The summed E-state index contributed by atoms with van der Waals surface area (Å²) >= 11 is 0. The Morgan fingerprint density at radius 1 is 1.14 bits per heavy atom. The van der Waals surface area contributed by atoms with E-state index in [1.165, 1.54) is 6.92 Å². The Kier molecular flexibility index (Phi) is 6.09. The molecule has 0 aliphatic heterocycles. The second-order valence-electron chi connectivity index (χ2n) is 5.52. The first-order valence-electron chi connectivity index (χ1n) is 6.91. The standard InChI is InChI=1S/C16H21NO4/c1-10(2)8-14(16(20)21)17-15(19)9-12-4-6-13(7-5-12)11(3)18/h4-7,10,14H,8-9H2,1-3H3,(H,17,19)(H,20,21). The van der Waals surface area contributed by atoms with Crippen molar-refractivity contribution in [3.05, 3.63) is 35.4 Å². The summed E-state index contributed by atoms with van der Waals surface area (Å²) in [5, 5.41) is 11.6. The summed E-state index contributed by atoms with van der Waals surface area (Å²) in [4.78, 5) is 34.1. The van der Waals surface area contributed by atoms with E-state index in [9.17, 15) is 14.4 Å². The third-order valence-corrected chi connectivity index (χ3v) is 3.07. The fraction of sp³-hybridized carbons (Fsp3) is 0.438. The van der Waals surface area contributed by atoms with Gasteiger partial charge in [-0.05, 0) is 24.8 Å². The largest absolute Gasteiger partial charge is 0.480 e. The minimum atomic E-state index is -1.02. The van der Waals surface area contributed by atoms with Gasteiger partial charge >= 0.3 is 5.97 Å². The Labute approximate surface area is 124 Å². The molecule has 0 bridgehead atoms. The highest BCUT2D eigenvalue weighted by Crippen LogP contribution is 2.08. The third-order valence-electron chi connectivity index (χ3n) is 3.07. The molecule has 0 aromatic heterocycles. The zero-order chi connectivity index (χ0) is 16.0. The summed E-state index contributed by atoms with van der Waals surface area (Å²) in [6.07, 6.45) is 0.490. The van der Waals surface area contributed by atoms with Crippen molar-refractivity contribution in [1.29, 1.82) is 0 Å². The number of carboxylic acids is 1. The molecule has 1 atom stereocenters. The molecule has 1 amide bonds. The molecule has 1 aromatic rings. The van der Waals surface area contributed by atoms with Crippen molar-refractivity contribution in [3.8, 4) is 0 Å². The van der Waals surface area contributed by atoms with Gasteiger partial charge in [-0.2, -0.15) is 0 Å². The van der Waals surface area contributed by atoms with Crippen LogP contribution >= 0.6 is 0 Å².